The molecule has 0 saturated carbocycles. The minimum absolute atomic E-state index is 0. The van der Waals surface area contributed by atoms with Crippen molar-refractivity contribution in [3.05, 3.63) is 0 Å². The van der Waals surface area contributed by atoms with Gasteiger partial charge in [-0.2, -0.15) is 0 Å². The number of hydrogen-bond acceptors (Lipinski definition) is 0. The molecule has 1 heterocycles. The lowest BCUT2D eigenvalue weighted by Gasteiger charge is -2.41. The minimum Gasteiger partial charge on any atom is -1.00 e. The fraction of sp³-hybridized carbons (Fsp3) is 1.00. The smallest absolute Gasteiger partial charge is 0.0789 e. The van der Waals surface area contributed by atoms with Crippen LogP contribution in [0.15, 0.2) is 0 Å². The quantitative estimate of drug-likeness (QED) is 0.445. The van der Waals surface area contributed by atoms with E-state index < -0.39 is 0 Å². The normalized spacial score (nSPS) is 20.1. The Labute approximate surface area is 139 Å². The largest absolute Gasteiger partial charge is 1.00 e. The standard InChI is InChI=1S/C17H36N.HI/c1-5-18(13-7-6-8-14-18)15-12-17(4)11-9-10-16(2)3;/h16-17H,5-15H2,1-4H3;1H/q+1;/p-1. The van der Waals surface area contributed by atoms with Gasteiger partial charge in [0.15, 0.2) is 0 Å². The number of rotatable bonds is 8. The molecule has 1 nitrogen and oxygen atoms in total. The second-order valence-electron chi connectivity index (χ2n) is 7.11. The summed E-state index contributed by atoms with van der Waals surface area (Å²) in [6.45, 7) is 15.3. The average molecular weight is 381 g/mol. The minimum atomic E-state index is 0. The molecule has 0 aromatic rings. The fourth-order valence-corrected chi connectivity index (χ4v) is 3.39. The molecular weight excluding hydrogens is 345 g/mol. The number of halogens is 1. The topological polar surface area (TPSA) is 0 Å². The van der Waals surface area contributed by atoms with Gasteiger partial charge in [-0.3, -0.25) is 0 Å². The van der Waals surface area contributed by atoms with Crippen LogP contribution in [0.2, 0.25) is 0 Å². The van der Waals surface area contributed by atoms with Crippen molar-refractivity contribution in [1.29, 1.82) is 0 Å². The Morgan fingerprint density at radius 1 is 0.895 bits per heavy atom. The molecule has 0 bridgehead atoms. The number of quaternary nitrogens is 1. The van der Waals surface area contributed by atoms with Crippen molar-refractivity contribution in [2.75, 3.05) is 26.2 Å². The molecule has 116 valence electrons. The van der Waals surface area contributed by atoms with E-state index >= 15 is 0 Å². The Kier molecular flexibility index (Phi) is 10.8. The van der Waals surface area contributed by atoms with Crippen LogP contribution in [-0.4, -0.2) is 30.7 Å². The van der Waals surface area contributed by atoms with Crippen molar-refractivity contribution in [3.63, 3.8) is 0 Å². The van der Waals surface area contributed by atoms with E-state index in [0.717, 1.165) is 11.8 Å². The van der Waals surface area contributed by atoms with Crippen molar-refractivity contribution in [2.24, 2.45) is 11.8 Å². The molecule has 2 heteroatoms. The zero-order valence-electron chi connectivity index (χ0n) is 13.8. The maximum atomic E-state index is 2.47. The molecule has 0 radical (unpaired) electrons. The van der Waals surface area contributed by atoms with Gasteiger partial charge in [-0.05, 0) is 44.4 Å². The van der Waals surface area contributed by atoms with Crippen LogP contribution in [0.25, 0.3) is 0 Å². The van der Waals surface area contributed by atoms with Gasteiger partial charge in [-0.25, -0.2) is 0 Å². The molecule has 19 heavy (non-hydrogen) atoms. The van der Waals surface area contributed by atoms with Crippen molar-refractivity contribution >= 4 is 0 Å². The van der Waals surface area contributed by atoms with E-state index in [4.69, 9.17) is 0 Å². The van der Waals surface area contributed by atoms with Crippen LogP contribution in [0.5, 0.6) is 0 Å². The Hall–Kier alpha value is 0.690. The van der Waals surface area contributed by atoms with E-state index in [1.165, 1.54) is 75.6 Å². The summed E-state index contributed by atoms with van der Waals surface area (Å²) in [4.78, 5) is 0. The lowest BCUT2D eigenvalue weighted by Crippen LogP contribution is -3.00. The second kappa shape index (κ2) is 10.4. The molecule has 1 saturated heterocycles. The summed E-state index contributed by atoms with van der Waals surface area (Å²) in [6, 6.07) is 0. The number of piperidine rings is 1. The predicted octanol–water partition coefficient (Wildman–Crippen LogP) is 1.86. The second-order valence-corrected chi connectivity index (χ2v) is 7.11. The van der Waals surface area contributed by atoms with E-state index in [-0.39, 0.29) is 24.0 Å². The Morgan fingerprint density at radius 3 is 2.05 bits per heavy atom. The van der Waals surface area contributed by atoms with Crippen molar-refractivity contribution in [2.45, 2.75) is 72.6 Å². The summed E-state index contributed by atoms with van der Waals surface area (Å²) in [7, 11) is 0. The monoisotopic (exact) mass is 381 g/mol. The first-order chi connectivity index (χ1) is 8.58. The molecule has 1 aliphatic heterocycles. The van der Waals surface area contributed by atoms with Crippen LogP contribution in [0.3, 0.4) is 0 Å². The Bertz CT molecular complexity index is 209. The third-order valence-corrected chi connectivity index (χ3v) is 5.01. The molecular formula is C17H36IN. The Morgan fingerprint density at radius 2 is 1.53 bits per heavy atom. The first kappa shape index (κ1) is 19.7. The van der Waals surface area contributed by atoms with E-state index in [0.29, 0.717) is 0 Å². The SMILES string of the molecule is CC[N+]1(CCC(C)CCCC(C)C)CCCCC1.[I-]. The van der Waals surface area contributed by atoms with Gasteiger partial charge in [0.25, 0.3) is 0 Å². The number of nitrogens with zero attached hydrogens (tertiary/aromatic N) is 1. The van der Waals surface area contributed by atoms with Crippen molar-refractivity contribution in [3.8, 4) is 0 Å². The van der Waals surface area contributed by atoms with Gasteiger partial charge in [0, 0.05) is 0 Å². The van der Waals surface area contributed by atoms with E-state index in [1.54, 1.807) is 0 Å². The van der Waals surface area contributed by atoms with Crippen LogP contribution in [0.1, 0.15) is 72.6 Å². The first-order valence-electron chi connectivity index (χ1n) is 8.43. The first-order valence-corrected chi connectivity index (χ1v) is 8.43. The van der Waals surface area contributed by atoms with E-state index in [1.807, 2.05) is 0 Å². The van der Waals surface area contributed by atoms with Crippen LogP contribution in [-0.2, 0) is 0 Å². The summed E-state index contributed by atoms with van der Waals surface area (Å²) in [5.41, 5.74) is 0. The highest BCUT2D eigenvalue weighted by Gasteiger charge is 2.27. The lowest BCUT2D eigenvalue weighted by atomic mass is 9.96. The molecule has 1 aliphatic rings. The zero-order valence-corrected chi connectivity index (χ0v) is 15.9. The van der Waals surface area contributed by atoms with Crippen molar-refractivity contribution in [1.82, 2.24) is 0 Å². The molecule has 1 atom stereocenters. The molecule has 0 spiro atoms. The summed E-state index contributed by atoms with van der Waals surface area (Å²) < 4.78 is 1.43. The highest BCUT2D eigenvalue weighted by molar-refractivity contribution is 4.59. The average Bonchev–Trinajstić information content (AvgIpc) is 2.37. The van der Waals surface area contributed by atoms with Gasteiger partial charge in [0.2, 0.25) is 0 Å². The van der Waals surface area contributed by atoms with Gasteiger partial charge < -0.3 is 28.5 Å². The molecule has 0 aromatic carbocycles. The fourth-order valence-electron chi connectivity index (χ4n) is 3.39. The zero-order chi connectivity index (χ0) is 13.4. The van der Waals surface area contributed by atoms with Crippen LogP contribution in [0.4, 0.5) is 0 Å². The number of likely N-dealkylation sites (tertiary alicyclic amines) is 1. The van der Waals surface area contributed by atoms with Gasteiger partial charge in [-0.1, -0.05) is 40.0 Å². The number of hydrogen-bond donors (Lipinski definition) is 0. The molecule has 1 fully saturated rings. The molecule has 1 unspecified atom stereocenters. The molecule has 1 rings (SSSR count). The van der Waals surface area contributed by atoms with Crippen molar-refractivity contribution < 1.29 is 28.5 Å². The van der Waals surface area contributed by atoms with Gasteiger partial charge in [0.1, 0.15) is 0 Å². The van der Waals surface area contributed by atoms with E-state index in [9.17, 15) is 0 Å². The highest BCUT2D eigenvalue weighted by Crippen LogP contribution is 2.22. The maximum Gasteiger partial charge on any atom is 0.0789 e. The van der Waals surface area contributed by atoms with Crippen LogP contribution >= 0.6 is 0 Å². The summed E-state index contributed by atoms with van der Waals surface area (Å²) in [6.07, 6.45) is 10.2. The summed E-state index contributed by atoms with van der Waals surface area (Å²) in [5, 5.41) is 0. The molecule has 0 aromatic heterocycles. The lowest BCUT2D eigenvalue weighted by molar-refractivity contribution is -0.931. The molecule has 0 amide bonds. The van der Waals surface area contributed by atoms with Gasteiger partial charge in [0.05, 0.1) is 26.2 Å². The highest BCUT2D eigenvalue weighted by atomic mass is 127. The van der Waals surface area contributed by atoms with Crippen LogP contribution in [0, 0.1) is 11.8 Å². The van der Waals surface area contributed by atoms with Gasteiger partial charge >= 0.3 is 0 Å². The molecule has 0 N–H and O–H groups in total. The molecule has 0 aliphatic carbocycles. The van der Waals surface area contributed by atoms with Gasteiger partial charge in [-0.15, -0.1) is 0 Å². The van der Waals surface area contributed by atoms with Crippen LogP contribution < -0.4 is 24.0 Å². The third kappa shape index (κ3) is 7.89. The maximum absolute atomic E-state index is 2.47. The summed E-state index contributed by atoms with van der Waals surface area (Å²) >= 11 is 0. The Balaban J connectivity index is 0.00000324. The van der Waals surface area contributed by atoms with E-state index in [2.05, 4.69) is 27.7 Å². The summed E-state index contributed by atoms with van der Waals surface area (Å²) in [5.74, 6) is 1.82. The predicted molar refractivity (Wildman–Crippen MR) is 81.7 cm³/mol. The third-order valence-electron chi connectivity index (χ3n) is 5.01.